The lowest BCUT2D eigenvalue weighted by Gasteiger charge is -2.17. The highest BCUT2D eigenvalue weighted by Crippen LogP contribution is 2.39. The van der Waals surface area contributed by atoms with Crippen LogP contribution in [-0.2, 0) is 15.9 Å². The Kier molecular flexibility index (Phi) is 6.77. The van der Waals surface area contributed by atoms with E-state index in [0.29, 0.717) is 12.1 Å². The van der Waals surface area contributed by atoms with Crippen LogP contribution < -0.4 is 14.8 Å². The third-order valence-corrected chi connectivity index (χ3v) is 5.57. The summed E-state index contributed by atoms with van der Waals surface area (Å²) in [6, 6.07) is 7.32. The maximum absolute atomic E-state index is 14.0. The van der Waals surface area contributed by atoms with Gasteiger partial charge in [-0.1, -0.05) is 6.07 Å². The molecule has 0 radical (unpaired) electrons. The molecule has 1 amide bonds. The first-order valence-electron chi connectivity index (χ1n) is 9.24. The van der Waals surface area contributed by atoms with Crippen molar-refractivity contribution in [1.29, 1.82) is 4.78 Å². The Labute approximate surface area is 190 Å². The molecule has 0 fully saturated rings. The van der Waals surface area contributed by atoms with E-state index in [1.165, 1.54) is 24.3 Å². The number of hydrogen-bond donors (Lipinski definition) is 2. The first-order valence-corrected chi connectivity index (χ1v) is 11.2. The van der Waals surface area contributed by atoms with Crippen molar-refractivity contribution in [2.24, 2.45) is 0 Å². The van der Waals surface area contributed by atoms with E-state index in [-0.39, 0.29) is 10.6 Å². The number of alkyl halides is 3. The number of rotatable bonds is 6. The second kappa shape index (κ2) is 9.25. The first-order chi connectivity index (χ1) is 15.8. The van der Waals surface area contributed by atoms with Crippen LogP contribution in [0.1, 0.15) is 15.9 Å². The molecule has 1 atom stereocenters. The minimum Gasteiger partial charge on any atom is -0.490 e. The van der Waals surface area contributed by atoms with Crippen LogP contribution in [0.5, 0.6) is 17.4 Å². The molecule has 3 rings (SSSR count). The highest BCUT2D eigenvalue weighted by Gasteiger charge is 2.38. The number of aromatic nitrogens is 1. The van der Waals surface area contributed by atoms with Crippen LogP contribution in [0.4, 0.5) is 27.6 Å². The second-order valence-corrected chi connectivity index (χ2v) is 9.02. The molecule has 7 nitrogen and oxygen atoms in total. The molecule has 1 aromatic heterocycles. The van der Waals surface area contributed by atoms with Crippen LogP contribution in [0.25, 0.3) is 0 Å². The normalized spacial score (nSPS) is 13.1. The van der Waals surface area contributed by atoms with Crippen LogP contribution in [0.3, 0.4) is 0 Å². The summed E-state index contributed by atoms with van der Waals surface area (Å²) in [6.07, 6.45) is -3.14. The lowest BCUT2D eigenvalue weighted by atomic mass is 10.1. The van der Waals surface area contributed by atoms with Crippen molar-refractivity contribution in [3.63, 3.8) is 0 Å². The second-order valence-electron chi connectivity index (χ2n) is 6.86. The number of benzene rings is 2. The van der Waals surface area contributed by atoms with Crippen LogP contribution in [0.2, 0.25) is 0 Å². The molecule has 0 aliphatic carbocycles. The number of carbonyl (C=O) groups excluding carboxylic acids is 1. The third-order valence-electron chi connectivity index (χ3n) is 4.41. The Balaban J connectivity index is 2.10. The van der Waals surface area contributed by atoms with E-state index < -0.39 is 62.0 Å². The van der Waals surface area contributed by atoms with Crippen molar-refractivity contribution >= 4 is 21.3 Å². The lowest BCUT2D eigenvalue weighted by molar-refractivity contribution is -0.138. The zero-order valence-electron chi connectivity index (χ0n) is 17.5. The fourth-order valence-corrected chi connectivity index (χ4v) is 3.56. The van der Waals surface area contributed by atoms with Gasteiger partial charge in [0, 0.05) is 23.0 Å². The number of nitrogens with one attached hydrogen (secondary N) is 2. The van der Waals surface area contributed by atoms with Crippen molar-refractivity contribution in [3.8, 4) is 17.4 Å². The Morgan fingerprint density at radius 2 is 1.85 bits per heavy atom. The number of pyridine rings is 1. The Morgan fingerprint density at radius 3 is 2.47 bits per heavy atom. The van der Waals surface area contributed by atoms with E-state index in [1.54, 1.807) is 0 Å². The molecule has 13 heteroatoms. The number of hydrogen-bond acceptors (Lipinski definition) is 6. The van der Waals surface area contributed by atoms with Gasteiger partial charge in [-0.2, -0.15) is 17.6 Å². The number of ether oxygens (including phenoxy) is 2. The number of nitrogens with zero attached hydrogens (tertiary/aromatic N) is 1. The van der Waals surface area contributed by atoms with E-state index in [4.69, 9.17) is 14.3 Å². The van der Waals surface area contributed by atoms with E-state index >= 15 is 0 Å². The lowest BCUT2D eigenvalue weighted by Crippen LogP contribution is -2.20. The molecule has 1 unspecified atom stereocenters. The molecular weight excluding hydrogens is 485 g/mol. The molecule has 2 N–H and O–H groups in total. The Hall–Kier alpha value is -3.74. The molecule has 2 aromatic carbocycles. The maximum atomic E-state index is 14.0. The standard InChI is InChI=1S/C21H16F5N3O4S/c1-32-18-15(7-6-14(22)17(18)23)33-20-16(13(8-9-28-20)21(24,25)26)19(30)29-11-4-3-5-12(10-11)34(2,27)31/h3-10,27H,1-2H3,(H,29,30). The molecular formula is C21H16F5N3O4S. The van der Waals surface area contributed by atoms with Gasteiger partial charge in [-0.3, -0.25) is 4.79 Å². The number of carbonyl (C=O) groups is 1. The summed E-state index contributed by atoms with van der Waals surface area (Å²) in [7, 11) is -2.18. The fraction of sp³-hybridized carbons (Fsp3) is 0.143. The van der Waals surface area contributed by atoms with Crippen LogP contribution >= 0.6 is 0 Å². The molecule has 0 saturated carbocycles. The van der Waals surface area contributed by atoms with Gasteiger partial charge < -0.3 is 14.8 Å². The fourth-order valence-electron chi connectivity index (χ4n) is 2.87. The third kappa shape index (κ3) is 5.25. The maximum Gasteiger partial charge on any atom is 0.417 e. The number of amides is 1. The molecule has 0 bridgehead atoms. The summed E-state index contributed by atoms with van der Waals surface area (Å²) in [4.78, 5) is 16.6. The SMILES string of the molecule is COc1c(Oc2nccc(C(F)(F)F)c2C(=O)Nc2cccc(S(C)(=N)=O)c2)ccc(F)c1F. The smallest absolute Gasteiger partial charge is 0.417 e. The predicted molar refractivity (Wildman–Crippen MR) is 112 cm³/mol. The molecule has 0 saturated heterocycles. The molecule has 1 heterocycles. The van der Waals surface area contributed by atoms with Crippen molar-refractivity contribution in [3.05, 3.63) is 71.4 Å². The van der Waals surface area contributed by atoms with Gasteiger partial charge in [-0.25, -0.2) is 18.4 Å². The van der Waals surface area contributed by atoms with Crippen molar-refractivity contribution in [2.75, 3.05) is 18.7 Å². The van der Waals surface area contributed by atoms with E-state index in [1.807, 2.05) is 0 Å². The summed E-state index contributed by atoms with van der Waals surface area (Å²) in [5, 5.41) is 2.23. The monoisotopic (exact) mass is 501 g/mol. The molecule has 180 valence electrons. The van der Waals surface area contributed by atoms with Crippen LogP contribution in [0, 0.1) is 16.4 Å². The average molecular weight is 501 g/mol. The topological polar surface area (TPSA) is 101 Å². The predicted octanol–water partition coefficient (Wildman–Crippen LogP) is 5.47. The molecule has 0 aliphatic heterocycles. The summed E-state index contributed by atoms with van der Waals surface area (Å²) < 4.78 is 98.2. The number of methoxy groups -OCH3 is 1. The molecule has 0 aliphatic rings. The van der Waals surface area contributed by atoms with Gasteiger partial charge >= 0.3 is 6.18 Å². The van der Waals surface area contributed by atoms with E-state index in [9.17, 15) is 31.0 Å². The molecule has 3 aromatic rings. The zero-order chi connectivity index (χ0) is 25.3. The van der Waals surface area contributed by atoms with Gasteiger partial charge in [0.15, 0.2) is 11.6 Å². The summed E-state index contributed by atoms with van der Waals surface area (Å²) in [5.41, 5.74) is -2.50. The number of halogens is 5. The Morgan fingerprint density at radius 1 is 1.15 bits per heavy atom. The highest BCUT2D eigenvalue weighted by atomic mass is 32.2. The van der Waals surface area contributed by atoms with Gasteiger partial charge in [0.05, 0.1) is 22.4 Å². The van der Waals surface area contributed by atoms with Gasteiger partial charge in [0.2, 0.25) is 17.4 Å². The van der Waals surface area contributed by atoms with Crippen molar-refractivity contribution < 1.29 is 40.4 Å². The van der Waals surface area contributed by atoms with Gasteiger partial charge in [-0.05, 0) is 36.4 Å². The van der Waals surface area contributed by atoms with E-state index in [2.05, 4.69) is 10.3 Å². The molecule has 0 spiro atoms. The summed E-state index contributed by atoms with van der Waals surface area (Å²) in [5.74, 6) is -6.17. The largest absolute Gasteiger partial charge is 0.490 e. The zero-order valence-corrected chi connectivity index (χ0v) is 18.3. The van der Waals surface area contributed by atoms with Crippen LogP contribution in [0.15, 0.2) is 53.6 Å². The van der Waals surface area contributed by atoms with Gasteiger partial charge in [-0.15, -0.1) is 0 Å². The summed E-state index contributed by atoms with van der Waals surface area (Å²) >= 11 is 0. The van der Waals surface area contributed by atoms with Crippen molar-refractivity contribution in [1.82, 2.24) is 4.98 Å². The minimum absolute atomic E-state index is 0.0375. The van der Waals surface area contributed by atoms with E-state index in [0.717, 1.165) is 25.6 Å². The quantitative estimate of drug-likeness (QED) is 0.437. The number of anilines is 1. The highest BCUT2D eigenvalue weighted by molar-refractivity contribution is 7.91. The average Bonchev–Trinajstić information content (AvgIpc) is 2.75. The Bertz CT molecular complexity index is 1360. The van der Waals surface area contributed by atoms with Gasteiger partial charge in [0.1, 0.15) is 5.56 Å². The minimum atomic E-state index is -5.01. The van der Waals surface area contributed by atoms with Gasteiger partial charge in [0.25, 0.3) is 5.91 Å². The van der Waals surface area contributed by atoms with Crippen LogP contribution in [-0.4, -0.2) is 28.5 Å². The summed E-state index contributed by atoms with van der Waals surface area (Å²) in [6.45, 7) is 0. The van der Waals surface area contributed by atoms with Crippen molar-refractivity contribution in [2.45, 2.75) is 11.1 Å². The first kappa shape index (κ1) is 24.9. The molecule has 34 heavy (non-hydrogen) atoms.